The van der Waals surface area contributed by atoms with Gasteiger partial charge in [-0.25, -0.2) is 0 Å². The molecule has 0 N–H and O–H groups in total. The van der Waals surface area contributed by atoms with E-state index in [2.05, 4.69) is 9.30 Å². The first-order chi connectivity index (χ1) is 9.63. The van der Waals surface area contributed by atoms with Gasteiger partial charge in [0.15, 0.2) is 5.84 Å². The number of hydrogen-bond donors (Lipinski definition) is 0. The van der Waals surface area contributed by atoms with Gasteiger partial charge >= 0.3 is 0 Å². The van der Waals surface area contributed by atoms with E-state index in [1.165, 1.54) is 12.8 Å². The lowest BCUT2D eigenvalue weighted by atomic mass is 10.1. The maximum Gasteiger partial charge on any atom is 0.285 e. The predicted molar refractivity (Wildman–Crippen MR) is 79.8 cm³/mol. The van der Waals surface area contributed by atoms with E-state index in [4.69, 9.17) is 11.6 Å². The molecule has 2 aliphatic rings. The van der Waals surface area contributed by atoms with Gasteiger partial charge in [-0.2, -0.15) is 8.42 Å². The minimum Gasteiger partial charge on any atom is -0.351 e. The smallest absolute Gasteiger partial charge is 0.285 e. The molecule has 1 heterocycles. The van der Waals surface area contributed by atoms with Gasteiger partial charge in [0.05, 0.1) is 0 Å². The number of halogens is 1. The molecular weight excluding hydrogens is 296 g/mol. The third-order valence-electron chi connectivity index (χ3n) is 3.98. The number of alkyl halides is 1. The van der Waals surface area contributed by atoms with Gasteiger partial charge in [-0.1, -0.05) is 25.0 Å². The number of hydrogen-bond acceptors (Lipinski definition) is 3. The molecule has 0 radical (unpaired) electrons. The zero-order valence-electron chi connectivity index (χ0n) is 11.1. The molecule has 4 nitrogen and oxygen atoms in total. The van der Waals surface area contributed by atoms with Crippen LogP contribution in [0, 0.1) is 0 Å². The van der Waals surface area contributed by atoms with Crippen LogP contribution in [0.4, 0.5) is 0 Å². The molecule has 0 bridgehead atoms. The highest BCUT2D eigenvalue weighted by Crippen LogP contribution is 2.31. The van der Waals surface area contributed by atoms with E-state index in [0.717, 1.165) is 12.8 Å². The van der Waals surface area contributed by atoms with Gasteiger partial charge in [0.1, 0.15) is 4.90 Å². The zero-order valence-corrected chi connectivity index (χ0v) is 12.7. The fraction of sp³-hybridized carbons (Fsp3) is 0.500. The largest absolute Gasteiger partial charge is 0.351 e. The molecule has 3 rings (SSSR count). The third-order valence-corrected chi connectivity index (χ3v) is 5.47. The molecule has 1 aliphatic heterocycles. The Labute approximate surface area is 124 Å². The van der Waals surface area contributed by atoms with Crippen molar-refractivity contribution in [1.29, 1.82) is 0 Å². The van der Waals surface area contributed by atoms with E-state index in [9.17, 15) is 8.42 Å². The molecule has 20 heavy (non-hydrogen) atoms. The summed E-state index contributed by atoms with van der Waals surface area (Å²) in [6.07, 6.45) is 4.53. The lowest BCUT2D eigenvalue weighted by Crippen LogP contribution is -2.40. The van der Waals surface area contributed by atoms with E-state index in [1.807, 2.05) is 12.1 Å². The van der Waals surface area contributed by atoms with Crippen LogP contribution < -0.4 is 0 Å². The first-order valence-corrected chi connectivity index (χ1v) is 8.88. The van der Waals surface area contributed by atoms with Crippen LogP contribution in [0.1, 0.15) is 31.2 Å². The summed E-state index contributed by atoms with van der Waals surface area (Å²) in [6, 6.07) is 7.39. The summed E-state index contributed by atoms with van der Waals surface area (Å²) in [5.74, 6) is 1.05. The average Bonchev–Trinajstić information content (AvgIpc) is 3.04. The highest BCUT2D eigenvalue weighted by molar-refractivity contribution is 7.90. The van der Waals surface area contributed by atoms with Gasteiger partial charge in [0.25, 0.3) is 10.0 Å². The minimum absolute atomic E-state index is 0.313. The zero-order chi connectivity index (χ0) is 14.2. The second kappa shape index (κ2) is 5.37. The number of nitrogens with zero attached hydrogens (tertiary/aromatic N) is 2. The van der Waals surface area contributed by atoms with Crippen molar-refractivity contribution in [2.24, 2.45) is 4.40 Å². The maximum absolute atomic E-state index is 12.1. The quantitative estimate of drug-likeness (QED) is 0.806. The van der Waals surface area contributed by atoms with E-state index in [-0.39, 0.29) is 0 Å². The van der Waals surface area contributed by atoms with Gasteiger partial charge in [0, 0.05) is 24.0 Å². The highest BCUT2D eigenvalue weighted by atomic mass is 35.5. The minimum atomic E-state index is -3.54. The monoisotopic (exact) mass is 312 g/mol. The fourth-order valence-electron chi connectivity index (χ4n) is 3.06. The number of amidine groups is 1. The van der Waals surface area contributed by atoms with Crippen LogP contribution in [0.5, 0.6) is 0 Å². The van der Waals surface area contributed by atoms with Crippen molar-refractivity contribution in [2.45, 2.75) is 36.6 Å². The normalized spacial score (nSPS) is 20.8. The maximum atomic E-state index is 12.1. The Bertz CT molecular complexity index is 636. The van der Waals surface area contributed by atoms with Crippen molar-refractivity contribution >= 4 is 27.5 Å². The van der Waals surface area contributed by atoms with Crippen molar-refractivity contribution in [3.63, 3.8) is 0 Å². The second-order valence-electron chi connectivity index (χ2n) is 5.21. The molecule has 0 spiro atoms. The SMILES string of the molecule is O=S1(=O)N=C(N(CCCl)C2CCCC2)c2ccccc21. The Morgan fingerprint density at radius 1 is 1.25 bits per heavy atom. The summed E-state index contributed by atoms with van der Waals surface area (Å²) in [4.78, 5) is 2.40. The lowest BCUT2D eigenvalue weighted by Gasteiger charge is -2.30. The number of rotatable bonds is 3. The summed E-state index contributed by atoms with van der Waals surface area (Å²) in [5, 5.41) is 0. The van der Waals surface area contributed by atoms with Crippen molar-refractivity contribution < 1.29 is 8.42 Å². The Balaban J connectivity index is 2.03. The molecule has 1 aliphatic carbocycles. The van der Waals surface area contributed by atoms with Gasteiger partial charge in [-0.15, -0.1) is 16.0 Å². The predicted octanol–water partition coefficient (Wildman–Crippen LogP) is 2.62. The topological polar surface area (TPSA) is 49.7 Å². The summed E-state index contributed by atoms with van der Waals surface area (Å²) in [5.41, 5.74) is 0.713. The first kappa shape index (κ1) is 13.9. The molecule has 1 aromatic rings. The summed E-state index contributed by atoms with van der Waals surface area (Å²) < 4.78 is 28.3. The summed E-state index contributed by atoms with van der Waals surface area (Å²) in [7, 11) is -3.54. The van der Waals surface area contributed by atoms with E-state index < -0.39 is 10.0 Å². The Morgan fingerprint density at radius 2 is 1.95 bits per heavy atom. The Morgan fingerprint density at radius 3 is 2.65 bits per heavy atom. The van der Waals surface area contributed by atoms with E-state index >= 15 is 0 Å². The molecule has 0 amide bonds. The average molecular weight is 313 g/mol. The van der Waals surface area contributed by atoms with E-state index in [1.54, 1.807) is 12.1 Å². The van der Waals surface area contributed by atoms with Crippen LogP contribution >= 0.6 is 11.6 Å². The Kier molecular flexibility index (Phi) is 3.73. The van der Waals surface area contributed by atoms with Crippen molar-refractivity contribution in [1.82, 2.24) is 4.90 Å². The van der Waals surface area contributed by atoms with Gasteiger partial charge in [0.2, 0.25) is 0 Å². The molecule has 1 aromatic carbocycles. The van der Waals surface area contributed by atoms with Crippen molar-refractivity contribution in [3.8, 4) is 0 Å². The summed E-state index contributed by atoms with van der Waals surface area (Å²) >= 11 is 5.91. The van der Waals surface area contributed by atoms with Crippen molar-refractivity contribution in [3.05, 3.63) is 29.8 Å². The third kappa shape index (κ3) is 2.33. The van der Waals surface area contributed by atoms with Gasteiger partial charge in [-0.3, -0.25) is 0 Å². The molecule has 0 atom stereocenters. The molecule has 0 unspecified atom stereocenters. The van der Waals surface area contributed by atoms with Crippen LogP contribution in [0.2, 0.25) is 0 Å². The number of sulfonamides is 1. The Hall–Kier alpha value is -1.07. The standard InChI is InChI=1S/C14H17ClN2O2S/c15-9-10-17(11-5-1-2-6-11)14-12-7-3-4-8-13(12)20(18,19)16-14/h3-4,7-8,11H,1-2,5-6,9-10H2. The second-order valence-corrected chi connectivity index (χ2v) is 7.16. The van der Waals surface area contributed by atoms with Crippen LogP contribution in [-0.4, -0.2) is 37.6 Å². The molecular formula is C14H17ClN2O2S. The molecule has 6 heteroatoms. The van der Waals surface area contributed by atoms with Crippen LogP contribution in [0.25, 0.3) is 0 Å². The van der Waals surface area contributed by atoms with Gasteiger partial charge in [-0.05, 0) is 25.0 Å². The molecule has 0 saturated heterocycles. The summed E-state index contributed by atoms with van der Waals surface area (Å²) in [6.45, 7) is 0.634. The lowest BCUT2D eigenvalue weighted by molar-refractivity contribution is 0.332. The van der Waals surface area contributed by atoms with E-state index in [0.29, 0.717) is 34.8 Å². The molecule has 1 saturated carbocycles. The fourth-order valence-corrected chi connectivity index (χ4v) is 4.46. The first-order valence-electron chi connectivity index (χ1n) is 6.90. The van der Waals surface area contributed by atoms with Gasteiger partial charge < -0.3 is 4.90 Å². The van der Waals surface area contributed by atoms with Crippen LogP contribution in [0.3, 0.4) is 0 Å². The highest BCUT2D eigenvalue weighted by Gasteiger charge is 2.34. The molecule has 108 valence electrons. The van der Waals surface area contributed by atoms with Crippen molar-refractivity contribution in [2.75, 3.05) is 12.4 Å². The molecule has 0 aromatic heterocycles. The van der Waals surface area contributed by atoms with Crippen LogP contribution in [0.15, 0.2) is 33.6 Å². The number of benzene rings is 1. The number of fused-ring (bicyclic) bond motifs is 1. The molecule has 1 fully saturated rings. The van der Waals surface area contributed by atoms with Crippen LogP contribution in [-0.2, 0) is 10.0 Å².